The second kappa shape index (κ2) is 6.38. The molecule has 0 unspecified atom stereocenters. The SMILES string of the molecule is CNCCc1cc(OC(C)C)ccc1OC. The summed E-state index contributed by atoms with van der Waals surface area (Å²) in [7, 11) is 3.64. The summed E-state index contributed by atoms with van der Waals surface area (Å²) in [5.74, 6) is 1.83. The number of nitrogens with one attached hydrogen (secondary N) is 1. The van der Waals surface area contributed by atoms with Crippen LogP contribution in [-0.2, 0) is 6.42 Å². The second-order valence-corrected chi connectivity index (χ2v) is 3.99. The molecule has 1 rings (SSSR count). The van der Waals surface area contributed by atoms with Gasteiger partial charge in [0, 0.05) is 0 Å². The van der Waals surface area contributed by atoms with E-state index >= 15 is 0 Å². The molecule has 0 aliphatic heterocycles. The number of methoxy groups -OCH3 is 1. The fourth-order valence-electron chi connectivity index (χ4n) is 1.56. The fourth-order valence-corrected chi connectivity index (χ4v) is 1.56. The lowest BCUT2D eigenvalue weighted by Crippen LogP contribution is -2.11. The average molecular weight is 223 g/mol. The lowest BCUT2D eigenvalue weighted by molar-refractivity contribution is 0.242. The van der Waals surface area contributed by atoms with Crippen LogP contribution in [0.5, 0.6) is 11.5 Å². The molecule has 0 aliphatic carbocycles. The van der Waals surface area contributed by atoms with Crippen molar-refractivity contribution < 1.29 is 9.47 Å². The molecule has 0 amide bonds. The van der Waals surface area contributed by atoms with E-state index in [-0.39, 0.29) is 6.10 Å². The van der Waals surface area contributed by atoms with Crippen LogP contribution in [0.25, 0.3) is 0 Å². The first kappa shape index (κ1) is 12.8. The van der Waals surface area contributed by atoms with Crippen molar-refractivity contribution in [2.45, 2.75) is 26.4 Å². The topological polar surface area (TPSA) is 30.5 Å². The van der Waals surface area contributed by atoms with Gasteiger partial charge in [-0.3, -0.25) is 0 Å². The standard InChI is InChI=1S/C13H21NO2/c1-10(2)16-12-5-6-13(15-4)11(9-12)7-8-14-3/h5-6,9-10,14H,7-8H2,1-4H3. The van der Waals surface area contributed by atoms with Crippen molar-refractivity contribution in [1.82, 2.24) is 5.32 Å². The largest absolute Gasteiger partial charge is 0.496 e. The van der Waals surface area contributed by atoms with Crippen molar-refractivity contribution in [2.24, 2.45) is 0 Å². The van der Waals surface area contributed by atoms with E-state index in [0.29, 0.717) is 0 Å². The van der Waals surface area contributed by atoms with Crippen LogP contribution in [0, 0.1) is 0 Å². The van der Waals surface area contributed by atoms with Crippen molar-refractivity contribution in [3.8, 4) is 11.5 Å². The number of benzene rings is 1. The Kier molecular flexibility index (Phi) is 5.12. The first-order valence-corrected chi connectivity index (χ1v) is 5.65. The molecule has 0 radical (unpaired) electrons. The Hall–Kier alpha value is -1.22. The molecule has 0 aromatic heterocycles. The van der Waals surface area contributed by atoms with Crippen LogP contribution in [0.4, 0.5) is 0 Å². The highest BCUT2D eigenvalue weighted by molar-refractivity contribution is 5.40. The second-order valence-electron chi connectivity index (χ2n) is 3.99. The van der Waals surface area contributed by atoms with Crippen molar-refractivity contribution >= 4 is 0 Å². The van der Waals surface area contributed by atoms with Crippen LogP contribution in [0.1, 0.15) is 19.4 Å². The molecule has 1 aromatic rings. The number of hydrogen-bond donors (Lipinski definition) is 1. The molecule has 0 bridgehead atoms. The Balaban J connectivity index is 2.83. The van der Waals surface area contributed by atoms with Gasteiger partial charge >= 0.3 is 0 Å². The third-order valence-corrected chi connectivity index (χ3v) is 2.27. The number of rotatable bonds is 6. The predicted molar refractivity (Wildman–Crippen MR) is 66.4 cm³/mol. The molecule has 3 nitrogen and oxygen atoms in total. The van der Waals surface area contributed by atoms with E-state index in [1.165, 1.54) is 5.56 Å². The van der Waals surface area contributed by atoms with E-state index in [9.17, 15) is 0 Å². The van der Waals surface area contributed by atoms with Gasteiger partial charge in [-0.15, -0.1) is 0 Å². The molecule has 1 aromatic carbocycles. The minimum absolute atomic E-state index is 0.200. The first-order chi connectivity index (χ1) is 7.67. The quantitative estimate of drug-likeness (QED) is 0.802. The average Bonchev–Trinajstić information content (AvgIpc) is 2.25. The molecule has 0 fully saturated rings. The zero-order chi connectivity index (χ0) is 12.0. The van der Waals surface area contributed by atoms with Gasteiger partial charge < -0.3 is 14.8 Å². The highest BCUT2D eigenvalue weighted by atomic mass is 16.5. The zero-order valence-electron chi connectivity index (χ0n) is 10.5. The van der Waals surface area contributed by atoms with Crippen LogP contribution < -0.4 is 14.8 Å². The van der Waals surface area contributed by atoms with Crippen molar-refractivity contribution in [3.63, 3.8) is 0 Å². The minimum atomic E-state index is 0.200. The Bertz CT molecular complexity index is 324. The lowest BCUT2D eigenvalue weighted by Gasteiger charge is -2.13. The number of likely N-dealkylation sites (N-methyl/N-ethyl adjacent to an activating group) is 1. The molecule has 0 spiro atoms. The zero-order valence-corrected chi connectivity index (χ0v) is 10.5. The normalized spacial score (nSPS) is 10.6. The smallest absolute Gasteiger partial charge is 0.122 e. The molecule has 1 N–H and O–H groups in total. The molecule has 0 saturated heterocycles. The summed E-state index contributed by atoms with van der Waals surface area (Å²) < 4.78 is 11.0. The predicted octanol–water partition coefficient (Wildman–Crippen LogP) is 2.24. The van der Waals surface area contributed by atoms with Gasteiger partial charge in [0.05, 0.1) is 13.2 Å². The van der Waals surface area contributed by atoms with Gasteiger partial charge in [0.2, 0.25) is 0 Å². The van der Waals surface area contributed by atoms with Gasteiger partial charge in [0.25, 0.3) is 0 Å². The van der Waals surface area contributed by atoms with Crippen LogP contribution in [0.2, 0.25) is 0 Å². The third-order valence-electron chi connectivity index (χ3n) is 2.27. The Morgan fingerprint density at radius 2 is 2.06 bits per heavy atom. The molecule has 16 heavy (non-hydrogen) atoms. The fraction of sp³-hybridized carbons (Fsp3) is 0.538. The van der Waals surface area contributed by atoms with E-state index < -0.39 is 0 Å². The van der Waals surface area contributed by atoms with E-state index in [1.54, 1.807) is 7.11 Å². The number of hydrogen-bond acceptors (Lipinski definition) is 3. The Labute approximate surface area is 97.8 Å². The van der Waals surface area contributed by atoms with Crippen molar-refractivity contribution in [2.75, 3.05) is 20.7 Å². The monoisotopic (exact) mass is 223 g/mol. The molecule has 90 valence electrons. The third kappa shape index (κ3) is 3.74. The Morgan fingerprint density at radius 1 is 1.31 bits per heavy atom. The van der Waals surface area contributed by atoms with Gasteiger partial charge in [0.15, 0.2) is 0 Å². The van der Waals surface area contributed by atoms with Gasteiger partial charge in [0.1, 0.15) is 11.5 Å². The molecule has 0 heterocycles. The maximum absolute atomic E-state index is 5.66. The molecule has 0 atom stereocenters. The molecular weight excluding hydrogens is 202 g/mol. The molecule has 0 aliphatic rings. The van der Waals surface area contributed by atoms with Crippen molar-refractivity contribution in [3.05, 3.63) is 23.8 Å². The summed E-state index contributed by atoms with van der Waals surface area (Å²) in [6.07, 6.45) is 1.14. The molecule has 0 saturated carbocycles. The summed E-state index contributed by atoms with van der Waals surface area (Å²) >= 11 is 0. The van der Waals surface area contributed by atoms with Crippen molar-refractivity contribution in [1.29, 1.82) is 0 Å². The maximum atomic E-state index is 5.66. The van der Waals surface area contributed by atoms with Crippen LogP contribution in [0.15, 0.2) is 18.2 Å². The van der Waals surface area contributed by atoms with Crippen LogP contribution in [-0.4, -0.2) is 26.8 Å². The van der Waals surface area contributed by atoms with E-state index in [0.717, 1.165) is 24.5 Å². The molecular formula is C13H21NO2. The van der Waals surface area contributed by atoms with Crippen LogP contribution >= 0.6 is 0 Å². The minimum Gasteiger partial charge on any atom is -0.496 e. The van der Waals surface area contributed by atoms with Gasteiger partial charge in [-0.25, -0.2) is 0 Å². The van der Waals surface area contributed by atoms with Gasteiger partial charge in [-0.05, 0) is 57.6 Å². The van der Waals surface area contributed by atoms with E-state index in [1.807, 2.05) is 33.0 Å². The summed E-state index contributed by atoms with van der Waals surface area (Å²) in [4.78, 5) is 0. The van der Waals surface area contributed by atoms with E-state index in [2.05, 4.69) is 11.4 Å². The first-order valence-electron chi connectivity index (χ1n) is 5.65. The summed E-state index contributed by atoms with van der Waals surface area (Å²) in [5.41, 5.74) is 1.18. The Morgan fingerprint density at radius 3 is 2.62 bits per heavy atom. The van der Waals surface area contributed by atoms with Crippen LogP contribution in [0.3, 0.4) is 0 Å². The highest BCUT2D eigenvalue weighted by Crippen LogP contribution is 2.24. The summed E-state index contributed by atoms with van der Waals surface area (Å²) in [5, 5.41) is 3.13. The van der Waals surface area contributed by atoms with E-state index in [4.69, 9.17) is 9.47 Å². The maximum Gasteiger partial charge on any atom is 0.122 e. The van der Waals surface area contributed by atoms with Gasteiger partial charge in [-0.1, -0.05) is 0 Å². The van der Waals surface area contributed by atoms with Gasteiger partial charge in [-0.2, -0.15) is 0 Å². The lowest BCUT2D eigenvalue weighted by atomic mass is 10.1. The summed E-state index contributed by atoms with van der Waals surface area (Å²) in [6.45, 7) is 4.98. The molecule has 3 heteroatoms. The number of ether oxygens (including phenoxy) is 2. The summed E-state index contributed by atoms with van der Waals surface area (Å²) in [6, 6.07) is 5.96. The highest BCUT2D eigenvalue weighted by Gasteiger charge is 2.05.